The first-order valence-corrected chi connectivity index (χ1v) is 14.2. The predicted octanol–water partition coefficient (Wildman–Crippen LogP) is 3.85. The highest BCUT2D eigenvalue weighted by Crippen LogP contribution is 2.26. The van der Waals surface area contributed by atoms with Gasteiger partial charge < -0.3 is 10.1 Å². The number of hydrazine groups is 1. The number of esters is 1. The van der Waals surface area contributed by atoms with E-state index in [9.17, 15) is 14.4 Å². The number of hydrogen-bond donors (Lipinski definition) is 2. The molecule has 5 bridgehead atoms. The molecule has 4 rings (SSSR count). The van der Waals surface area contributed by atoms with Crippen molar-refractivity contribution in [1.29, 1.82) is 0 Å². The maximum Gasteiger partial charge on any atom is 0.325 e. The Labute approximate surface area is 237 Å². The zero-order chi connectivity index (χ0) is 29.2. The number of carbonyl (C=O) groups excluding carboxylic acids is 3. The number of benzene rings is 1. The third-order valence-corrected chi connectivity index (χ3v) is 7.67. The van der Waals surface area contributed by atoms with Crippen LogP contribution in [0, 0.1) is 11.3 Å². The Kier molecular flexibility index (Phi) is 8.95. The van der Waals surface area contributed by atoms with Crippen LogP contribution in [-0.2, 0) is 19.1 Å². The second kappa shape index (κ2) is 12.1. The Hall–Kier alpha value is -3.30. The molecule has 2 N–H and O–H groups in total. The van der Waals surface area contributed by atoms with E-state index in [0.717, 1.165) is 16.5 Å². The van der Waals surface area contributed by atoms with Crippen LogP contribution in [0.3, 0.4) is 0 Å². The lowest BCUT2D eigenvalue weighted by Crippen LogP contribution is -2.61. The Balaban J connectivity index is 1.70. The molecule has 0 aliphatic carbocycles. The summed E-state index contributed by atoms with van der Waals surface area (Å²) in [5.74, 6) is -0.884. The molecule has 1 aromatic carbocycles. The molecule has 1 saturated heterocycles. The maximum atomic E-state index is 13.4. The molecule has 0 radical (unpaired) electrons. The Morgan fingerprint density at radius 2 is 1.82 bits per heavy atom. The standard InChI is InChI=1S/C31H43N5O4/c1-19(2)27-28(37)32-20(3)29(38)36-16-8-9-25(34-36)30(39)40-21(4)24-13-12-23-11-10-22(17-26(23)33-24)14-15-31(5,6)18-35(27)7/h10-15,17,19-21,25,27,34H,8-9,16,18H2,1-7H3,(H,32,37). The molecular weight excluding hydrogens is 506 g/mol. The maximum absolute atomic E-state index is 13.4. The first kappa shape index (κ1) is 29.7. The smallest absolute Gasteiger partial charge is 0.325 e. The van der Waals surface area contributed by atoms with Gasteiger partial charge in [0, 0.05) is 18.5 Å². The summed E-state index contributed by atoms with van der Waals surface area (Å²) in [6, 6.07) is 8.16. The molecule has 0 spiro atoms. The SMILES string of the molecule is CC1NC(=O)C(C(C)C)N(C)CC(C)(C)C=Cc2ccc3ccc(nc3c2)C(C)OC(=O)C2CCCN(N2)C1=O. The van der Waals surface area contributed by atoms with Crippen LogP contribution < -0.4 is 10.7 Å². The van der Waals surface area contributed by atoms with Crippen LogP contribution in [0.2, 0.25) is 0 Å². The van der Waals surface area contributed by atoms with Crippen molar-refractivity contribution >= 4 is 34.8 Å². The van der Waals surface area contributed by atoms with E-state index in [0.29, 0.717) is 31.6 Å². The number of ether oxygens (including phenoxy) is 1. The minimum absolute atomic E-state index is 0.0312. The van der Waals surface area contributed by atoms with E-state index in [1.807, 2.05) is 45.2 Å². The van der Waals surface area contributed by atoms with E-state index in [1.165, 1.54) is 5.01 Å². The van der Waals surface area contributed by atoms with Crippen LogP contribution in [0.25, 0.3) is 17.0 Å². The Morgan fingerprint density at radius 1 is 1.10 bits per heavy atom. The average molecular weight is 550 g/mol. The van der Waals surface area contributed by atoms with Gasteiger partial charge in [0.25, 0.3) is 5.91 Å². The van der Waals surface area contributed by atoms with Gasteiger partial charge in [-0.15, -0.1) is 0 Å². The summed E-state index contributed by atoms with van der Waals surface area (Å²) in [7, 11) is 1.95. The van der Waals surface area contributed by atoms with Gasteiger partial charge in [-0.2, -0.15) is 0 Å². The normalized spacial score (nSPS) is 27.1. The molecule has 2 aromatic rings. The molecule has 4 unspecified atom stereocenters. The summed E-state index contributed by atoms with van der Waals surface area (Å²) < 4.78 is 5.79. The number of cyclic esters (lactones) is 1. The molecule has 3 heterocycles. The van der Waals surface area contributed by atoms with Crippen molar-refractivity contribution in [2.45, 2.75) is 78.6 Å². The monoisotopic (exact) mass is 549 g/mol. The fraction of sp³-hybridized carbons (Fsp3) is 0.548. The van der Waals surface area contributed by atoms with Crippen LogP contribution in [0.4, 0.5) is 0 Å². The zero-order valence-corrected chi connectivity index (χ0v) is 24.7. The van der Waals surface area contributed by atoms with Crippen LogP contribution in [0.1, 0.15) is 71.7 Å². The Morgan fingerprint density at radius 3 is 2.55 bits per heavy atom. The minimum atomic E-state index is -0.757. The van der Waals surface area contributed by atoms with E-state index >= 15 is 0 Å². The molecule has 1 fully saturated rings. The predicted molar refractivity (Wildman–Crippen MR) is 156 cm³/mol. The third kappa shape index (κ3) is 6.88. The minimum Gasteiger partial charge on any atom is -0.455 e. The number of nitrogens with one attached hydrogen (secondary N) is 2. The molecule has 216 valence electrons. The summed E-state index contributed by atoms with van der Waals surface area (Å²) >= 11 is 0. The van der Waals surface area contributed by atoms with Gasteiger partial charge in [-0.05, 0) is 62.8 Å². The largest absolute Gasteiger partial charge is 0.455 e. The number of amides is 2. The number of likely N-dealkylation sites (N-methyl/N-ethyl adjacent to an activating group) is 1. The van der Waals surface area contributed by atoms with Gasteiger partial charge in [0.05, 0.1) is 17.3 Å². The molecule has 9 nitrogen and oxygen atoms in total. The highest BCUT2D eigenvalue weighted by atomic mass is 16.5. The molecular formula is C31H43N5O4. The van der Waals surface area contributed by atoms with Crippen LogP contribution in [0.15, 0.2) is 36.4 Å². The molecule has 9 heteroatoms. The number of fused-ring (bicyclic) bond motifs is 4. The van der Waals surface area contributed by atoms with Gasteiger partial charge in [0.15, 0.2) is 0 Å². The lowest BCUT2D eigenvalue weighted by atomic mass is 9.89. The van der Waals surface area contributed by atoms with E-state index in [2.05, 4.69) is 47.7 Å². The van der Waals surface area contributed by atoms with Gasteiger partial charge in [0.1, 0.15) is 18.2 Å². The van der Waals surface area contributed by atoms with Crippen molar-refractivity contribution in [1.82, 2.24) is 25.6 Å². The van der Waals surface area contributed by atoms with Crippen LogP contribution >= 0.6 is 0 Å². The van der Waals surface area contributed by atoms with Gasteiger partial charge in [0.2, 0.25) is 5.91 Å². The number of carbonyl (C=O) groups is 3. The van der Waals surface area contributed by atoms with Crippen molar-refractivity contribution in [3.63, 3.8) is 0 Å². The number of aromatic nitrogens is 1. The second-order valence-electron chi connectivity index (χ2n) is 12.2. The number of nitrogens with zero attached hydrogens (tertiary/aromatic N) is 3. The van der Waals surface area contributed by atoms with Crippen molar-refractivity contribution in [3.8, 4) is 0 Å². The molecule has 0 saturated carbocycles. The first-order valence-electron chi connectivity index (χ1n) is 14.2. The van der Waals surface area contributed by atoms with Gasteiger partial charge >= 0.3 is 5.97 Å². The highest BCUT2D eigenvalue weighted by molar-refractivity contribution is 5.90. The van der Waals surface area contributed by atoms with E-state index in [-0.39, 0.29) is 23.1 Å². The average Bonchev–Trinajstić information content (AvgIpc) is 2.90. The zero-order valence-electron chi connectivity index (χ0n) is 24.7. The van der Waals surface area contributed by atoms with E-state index < -0.39 is 30.2 Å². The number of rotatable bonds is 1. The number of pyridine rings is 1. The second-order valence-corrected chi connectivity index (χ2v) is 12.2. The lowest BCUT2D eigenvalue weighted by Gasteiger charge is -2.37. The van der Waals surface area contributed by atoms with Crippen molar-refractivity contribution < 1.29 is 19.1 Å². The van der Waals surface area contributed by atoms with Gasteiger partial charge in [-0.25, -0.2) is 10.4 Å². The molecule has 4 atom stereocenters. The fourth-order valence-corrected chi connectivity index (χ4v) is 5.63. The highest BCUT2D eigenvalue weighted by Gasteiger charge is 2.35. The Bertz CT molecular complexity index is 1290. The van der Waals surface area contributed by atoms with Gasteiger partial charge in [-0.3, -0.25) is 24.3 Å². The summed E-state index contributed by atoms with van der Waals surface area (Å²) in [5.41, 5.74) is 5.30. The van der Waals surface area contributed by atoms with E-state index in [4.69, 9.17) is 9.72 Å². The van der Waals surface area contributed by atoms with Crippen molar-refractivity contribution in [3.05, 3.63) is 47.7 Å². The molecule has 1 aromatic heterocycles. The first-order chi connectivity index (χ1) is 18.8. The molecule has 2 aliphatic heterocycles. The molecule has 2 aliphatic rings. The lowest BCUT2D eigenvalue weighted by molar-refractivity contribution is -0.157. The van der Waals surface area contributed by atoms with Crippen LogP contribution in [0.5, 0.6) is 0 Å². The number of hydrogen-bond acceptors (Lipinski definition) is 7. The van der Waals surface area contributed by atoms with Crippen molar-refractivity contribution in [2.75, 3.05) is 20.1 Å². The van der Waals surface area contributed by atoms with Gasteiger partial charge in [-0.1, -0.05) is 58.0 Å². The summed E-state index contributed by atoms with van der Waals surface area (Å²) in [6.07, 6.45) is 4.87. The summed E-state index contributed by atoms with van der Waals surface area (Å²) in [5, 5.41) is 5.36. The fourth-order valence-electron chi connectivity index (χ4n) is 5.63. The third-order valence-electron chi connectivity index (χ3n) is 7.67. The van der Waals surface area contributed by atoms with Crippen molar-refractivity contribution in [2.24, 2.45) is 11.3 Å². The van der Waals surface area contributed by atoms with E-state index in [1.54, 1.807) is 13.8 Å². The topological polar surface area (TPSA) is 104 Å². The molecule has 2 amide bonds. The molecule has 40 heavy (non-hydrogen) atoms. The summed E-state index contributed by atoms with van der Waals surface area (Å²) in [6.45, 7) is 12.9. The quantitative estimate of drug-likeness (QED) is 0.521. The van der Waals surface area contributed by atoms with Crippen LogP contribution in [-0.4, -0.2) is 70.9 Å². The summed E-state index contributed by atoms with van der Waals surface area (Å²) in [4.78, 5) is 46.7.